The lowest BCUT2D eigenvalue weighted by molar-refractivity contribution is -0.137. The van der Waals surface area contributed by atoms with Gasteiger partial charge in [0.05, 0.1) is 5.56 Å². The summed E-state index contributed by atoms with van der Waals surface area (Å²) in [5.74, 6) is -0.604. The lowest BCUT2D eigenvalue weighted by Gasteiger charge is -2.29. The number of benzene rings is 3. The Labute approximate surface area is 228 Å². The summed E-state index contributed by atoms with van der Waals surface area (Å²) in [6, 6.07) is 19.7. The number of nitrogens with one attached hydrogen (secondary N) is 3. The van der Waals surface area contributed by atoms with Crippen molar-refractivity contribution in [2.24, 2.45) is 0 Å². The third-order valence-corrected chi connectivity index (χ3v) is 7.04. The zero-order valence-electron chi connectivity index (χ0n) is 20.8. The molecule has 1 aliphatic heterocycles. The Morgan fingerprint density at radius 1 is 0.949 bits per heavy atom. The SMILES string of the molecule is O=C(Nc1ccc(C=Cc2cnc(Nc3cccc(N4CCNCC4)c3)s2)cc1)c1cccc(C(F)(F)F)c1. The summed E-state index contributed by atoms with van der Waals surface area (Å²) in [7, 11) is 0. The van der Waals surface area contributed by atoms with Crippen LogP contribution >= 0.6 is 11.3 Å². The van der Waals surface area contributed by atoms with Crippen molar-refractivity contribution in [1.29, 1.82) is 0 Å². The standard InChI is InChI=1S/C29H26F3N5OS/c30-29(31,32)22-4-1-3-21(17-22)27(38)35-23-10-7-20(8-11-23)9-12-26-19-34-28(39-26)36-24-5-2-6-25(18-24)37-15-13-33-14-16-37/h1-12,17-19,33H,13-16H2,(H,34,36)(H,35,38). The highest BCUT2D eigenvalue weighted by Crippen LogP contribution is 2.30. The van der Waals surface area contributed by atoms with Gasteiger partial charge in [0.25, 0.3) is 5.91 Å². The molecule has 0 spiro atoms. The molecule has 3 N–H and O–H groups in total. The average molecular weight is 550 g/mol. The van der Waals surface area contributed by atoms with Gasteiger partial charge >= 0.3 is 6.18 Å². The minimum Gasteiger partial charge on any atom is -0.369 e. The molecule has 2 heterocycles. The van der Waals surface area contributed by atoms with Crippen molar-refractivity contribution in [1.82, 2.24) is 10.3 Å². The largest absolute Gasteiger partial charge is 0.416 e. The van der Waals surface area contributed by atoms with E-state index < -0.39 is 17.6 Å². The van der Waals surface area contributed by atoms with Gasteiger partial charge in [-0.1, -0.05) is 41.7 Å². The first-order chi connectivity index (χ1) is 18.8. The monoisotopic (exact) mass is 549 g/mol. The molecule has 3 aromatic carbocycles. The Morgan fingerprint density at radius 2 is 1.72 bits per heavy atom. The number of rotatable bonds is 7. The molecule has 0 radical (unpaired) electrons. The predicted octanol–water partition coefficient (Wildman–Crippen LogP) is 6.74. The average Bonchev–Trinajstić information content (AvgIpc) is 3.40. The maximum absolute atomic E-state index is 12.9. The molecule has 0 unspecified atom stereocenters. The highest BCUT2D eigenvalue weighted by atomic mass is 32.1. The van der Waals surface area contributed by atoms with Crippen molar-refractivity contribution < 1.29 is 18.0 Å². The molecule has 1 fully saturated rings. The number of alkyl halides is 3. The highest BCUT2D eigenvalue weighted by Gasteiger charge is 2.30. The lowest BCUT2D eigenvalue weighted by Crippen LogP contribution is -2.43. The van der Waals surface area contributed by atoms with Crippen LogP contribution in [0.4, 0.5) is 35.4 Å². The number of hydrogen-bond acceptors (Lipinski definition) is 6. The van der Waals surface area contributed by atoms with Gasteiger partial charge < -0.3 is 20.9 Å². The number of hydrogen-bond donors (Lipinski definition) is 3. The normalized spacial score (nSPS) is 14.0. The van der Waals surface area contributed by atoms with E-state index in [1.165, 1.54) is 29.2 Å². The first kappa shape index (κ1) is 26.5. The van der Waals surface area contributed by atoms with Crippen molar-refractivity contribution in [2.45, 2.75) is 6.18 Å². The molecule has 0 aliphatic carbocycles. The number of anilines is 4. The summed E-state index contributed by atoms with van der Waals surface area (Å²) < 4.78 is 38.8. The third kappa shape index (κ3) is 7.04. The molecule has 200 valence electrons. The lowest BCUT2D eigenvalue weighted by atomic mass is 10.1. The molecule has 1 aromatic heterocycles. The van der Waals surface area contributed by atoms with Crippen LogP contribution < -0.4 is 20.9 Å². The quantitative estimate of drug-likeness (QED) is 0.238. The zero-order valence-corrected chi connectivity index (χ0v) is 21.6. The Balaban J connectivity index is 1.17. The minimum absolute atomic E-state index is 0.0565. The fourth-order valence-corrected chi connectivity index (χ4v) is 4.88. The number of nitrogens with zero attached hydrogens (tertiary/aromatic N) is 2. The Hall–Kier alpha value is -4.15. The van der Waals surface area contributed by atoms with Gasteiger partial charge in [-0.05, 0) is 60.2 Å². The third-order valence-electron chi connectivity index (χ3n) is 6.16. The molecule has 0 atom stereocenters. The minimum atomic E-state index is -4.50. The van der Waals surface area contributed by atoms with Crippen molar-refractivity contribution >= 4 is 51.6 Å². The second kappa shape index (κ2) is 11.7. The molecule has 6 nitrogen and oxygen atoms in total. The molecular weight excluding hydrogens is 523 g/mol. The van der Waals surface area contributed by atoms with E-state index in [9.17, 15) is 18.0 Å². The van der Waals surface area contributed by atoms with Gasteiger partial charge in [-0.15, -0.1) is 0 Å². The van der Waals surface area contributed by atoms with Gasteiger partial charge in [0.1, 0.15) is 0 Å². The predicted molar refractivity (Wildman–Crippen MR) is 152 cm³/mol. The van der Waals surface area contributed by atoms with Crippen molar-refractivity contribution in [3.8, 4) is 0 Å². The number of aromatic nitrogens is 1. The van der Waals surface area contributed by atoms with Crippen LogP contribution in [0.15, 0.2) is 79.0 Å². The molecule has 0 saturated carbocycles. The van der Waals surface area contributed by atoms with E-state index in [1.807, 2.05) is 36.4 Å². The Kier molecular flexibility index (Phi) is 7.94. The van der Waals surface area contributed by atoms with Gasteiger partial charge in [0.15, 0.2) is 5.13 Å². The van der Waals surface area contributed by atoms with Crippen LogP contribution in [-0.4, -0.2) is 37.1 Å². The molecule has 1 amide bonds. The van der Waals surface area contributed by atoms with E-state index in [0.717, 1.165) is 59.6 Å². The number of carbonyl (C=O) groups is 1. The molecule has 0 bridgehead atoms. The van der Waals surface area contributed by atoms with Crippen LogP contribution in [0.3, 0.4) is 0 Å². The molecule has 1 saturated heterocycles. The number of amides is 1. The second-order valence-corrected chi connectivity index (χ2v) is 10.0. The number of halogens is 3. The fraction of sp³-hybridized carbons (Fsp3) is 0.172. The van der Waals surface area contributed by atoms with Gasteiger partial charge in [0.2, 0.25) is 0 Å². The van der Waals surface area contributed by atoms with E-state index >= 15 is 0 Å². The first-order valence-corrected chi connectivity index (χ1v) is 13.2. The van der Waals surface area contributed by atoms with Crippen LogP contribution in [0, 0.1) is 0 Å². The van der Waals surface area contributed by atoms with E-state index in [0.29, 0.717) is 5.69 Å². The van der Waals surface area contributed by atoms with Crippen LogP contribution in [0.25, 0.3) is 12.2 Å². The number of thiazole rings is 1. The maximum atomic E-state index is 12.9. The van der Waals surface area contributed by atoms with Gasteiger partial charge in [0, 0.05) is 59.9 Å². The van der Waals surface area contributed by atoms with Crippen LogP contribution in [0.1, 0.15) is 26.4 Å². The molecule has 10 heteroatoms. The summed E-state index contributed by atoms with van der Waals surface area (Å²) in [6.45, 7) is 3.94. The molecule has 4 aromatic rings. The van der Waals surface area contributed by atoms with Gasteiger partial charge in [-0.2, -0.15) is 13.2 Å². The number of carbonyl (C=O) groups excluding carboxylic acids is 1. The summed E-state index contributed by atoms with van der Waals surface area (Å²) in [5.41, 5.74) is 2.65. The van der Waals surface area contributed by atoms with Crippen LogP contribution in [-0.2, 0) is 6.18 Å². The van der Waals surface area contributed by atoms with E-state index in [4.69, 9.17) is 0 Å². The Bertz CT molecular complexity index is 1460. The molecule has 39 heavy (non-hydrogen) atoms. The van der Waals surface area contributed by atoms with Crippen LogP contribution in [0.2, 0.25) is 0 Å². The Morgan fingerprint density at radius 3 is 2.49 bits per heavy atom. The van der Waals surface area contributed by atoms with Gasteiger partial charge in [-0.25, -0.2) is 4.98 Å². The summed E-state index contributed by atoms with van der Waals surface area (Å²) >= 11 is 1.53. The smallest absolute Gasteiger partial charge is 0.369 e. The van der Waals surface area contributed by atoms with Crippen molar-refractivity contribution in [3.63, 3.8) is 0 Å². The second-order valence-electron chi connectivity index (χ2n) is 8.97. The fourth-order valence-electron chi connectivity index (χ4n) is 4.14. The van der Waals surface area contributed by atoms with Crippen molar-refractivity contribution in [2.75, 3.05) is 41.7 Å². The summed E-state index contributed by atoms with van der Waals surface area (Å²) in [4.78, 5) is 20.2. The summed E-state index contributed by atoms with van der Waals surface area (Å²) in [6.07, 6.45) is 1.18. The molecule has 1 aliphatic rings. The summed E-state index contributed by atoms with van der Waals surface area (Å²) in [5, 5.41) is 10.2. The van der Waals surface area contributed by atoms with Crippen LogP contribution in [0.5, 0.6) is 0 Å². The van der Waals surface area contributed by atoms with Gasteiger partial charge in [-0.3, -0.25) is 4.79 Å². The van der Waals surface area contributed by atoms with E-state index in [1.54, 1.807) is 18.3 Å². The topological polar surface area (TPSA) is 69.3 Å². The maximum Gasteiger partial charge on any atom is 0.416 e. The van der Waals surface area contributed by atoms with Crippen molar-refractivity contribution in [3.05, 3.63) is 101 Å². The van der Waals surface area contributed by atoms with E-state index in [2.05, 4.69) is 38.0 Å². The number of piperazine rings is 1. The highest BCUT2D eigenvalue weighted by molar-refractivity contribution is 7.16. The first-order valence-electron chi connectivity index (χ1n) is 12.4. The molecule has 5 rings (SSSR count). The molecular formula is C29H26F3N5OS. The van der Waals surface area contributed by atoms with E-state index in [-0.39, 0.29) is 5.56 Å². The zero-order chi connectivity index (χ0) is 27.2.